The van der Waals surface area contributed by atoms with Crippen molar-refractivity contribution in [2.45, 2.75) is 6.54 Å². The Bertz CT molecular complexity index is 834. The second kappa shape index (κ2) is 7.35. The Morgan fingerprint density at radius 3 is 2.28 bits per heavy atom. The van der Waals surface area contributed by atoms with E-state index >= 15 is 0 Å². The molecule has 3 rings (SSSR count). The Kier molecular flexibility index (Phi) is 4.80. The molecule has 1 aromatic heterocycles. The van der Waals surface area contributed by atoms with Gasteiger partial charge in [0.2, 0.25) is 0 Å². The topological polar surface area (TPSA) is 88.7 Å². The highest BCUT2D eigenvalue weighted by Crippen LogP contribution is 2.25. The van der Waals surface area contributed by atoms with E-state index in [-0.39, 0.29) is 6.54 Å². The van der Waals surface area contributed by atoms with Gasteiger partial charge < -0.3 is 15.6 Å². The minimum absolute atomic E-state index is 0.276. The minimum Gasteiger partial charge on any atom is -0.465 e. The number of nitrogens with zero attached hydrogens (tertiary/aromatic N) is 2. The molecule has 0 aliphatic rings. The first-order chi connectivity index (χ1) is 12.1. The van der Waals surface area contributed by atoms with Crippen molar-refractivity contribution in [3.05, 3.63) is 78.5 Å². The highest BCUT2D eigenvalue weighted by molar-refractivity contribution is 5.86. The molecule has 25 heavy (non-hydrogen) atoms. The number of anilines is 2. The van der Waals surface area contributed by atoms with E-state index in [4.69, 9.17) is 10.5 Å². The van der Waals surface area contributed by atoms with E-state index in [2.05, 4.69) is 4.98 Å². The number of aromatic nitrogens is 1. The van der Waals surface area contributed by atoms with Gasteiger partial charge in [-0.25, -0.2) is 9.78 Å². The van der Waals surface area contributed by atoms with Crippen LogP contribution in [-0.4, -0.2) is 16.2 Å². The normalized spacial score (nSPS) is 10.2. The fourth-order valence-corrected chi connectivity index (χ4v) is 2.32. The van der Waals surface area contributed by atoms with Crippen molar-refractivity contribution in [1.82, 2.24) is 4.98 Å². The molecule has 0 saturated heterocycles. The molecule has 2 aromatic carbocycles. The van der Waals surface area contributed by atoms with E-state index in [9.17, 15) is 9.90 Å². The lowest BCUT2D eigenvalue weighted by Crippen LogP contribution is -2.28. The molecule has 0 radical (unpaired) electrons. The third-order valence-corrected chi connectivity index (χ3v) is 3.56. The molecule has 3 N–H and O–H groups in total. The van der Waals surface area contributed by atoms with E-state index in [1.54, 1.807) is 36.4 Å². The number of hydrogen-bond acceptors (Lipinski definition) is 4. The van der Waals surface area contributed by atoms with Gasteiger partial charge in [-0.2, -0.15) is 0 Å². The molecule has 6 nitrogen and oxygen atoms in total. The largest absolute Gasteiger partial charge is 0.465 e. The molecule has 6 heteroatoms. The number of carbonyl (C=O) groups is 1. The number of benzene rings is 2. The lowest BCUT2D eigenvalue weighted by molar-refractivity contribution is 0.201. The van der Waals surface area contributed by atoms with Gasteiger partial charge >= 0.3 is 6.09 Å². The molecule has 0 saturated carbocycles. The number of amides is 1. The van der Waals surface area contributed by atoms with E-state index in [1.807, 2.05) is 30.3 Å². The van der Waals surface area contributed by atoms with Crippen molar-refractivity contribution in [3.8, 4) is 11.5 Å². The molecule has 0 bridgehead atoms. The van der Waals surface area contributed by atoms with Crippen LogP contribution in [0.1, 0.15) is 5.56 Å². The van der Waals surface area contributed by atoms with Gasteiger partial charge in [-0.05, 0) is 42.0 Å². The first-order valence-electron chi connectivity index (χ1n) is 7.65. The maximum absolute atomic E-state index is 11.6. The van der Waals surface area contributed by atoms with Crippen molar-refractivity contribution in [2.75, 3.05) is 10.6 Å². The Morgan fingerprint density at radius 2 is 1.68 bits per heavy atom. The van der Waals surface area contributed by atoms with Crippen molar-refractivity contribution < 1.29 is 14.6 Å². The fraction of sp³-hybridized carbons (Fsp3) is 0.0526. The van der Waals surface area contributed by atoms with Crippen LogP contribution in [0.5, 0.6) is 11.5 Å². The summed E-state index contributed by atoms with van der Waals surface area (Å²) in [6, 6.07) is 19.6. The first kappa shape index (κ1) is 16.3. The highest BCUT2D eigenvalue weighted by atomic mass is 16.5. The molecule has 3 aromatic rings. The molecule has 0 aliphatic carbocycles. The van der Waals surface area contributed by atoms with Crippen LogP contribution in [0.2, 0.25) is 0 Å². The predicted octanol–water partition coefficient (Wildman–Crippen LogP) is 4.14. The average Bonchev–Trinajstić information content (AvgIpc) is 2.63. The predicted molar refractivity (Wildman–Crippen MR) is 95.8 cm³/mol. The first-order valence-corrected chi connectivity index (χ1v) is 7.65. The maximum Gasteiger partial charge on any atom is 0.412 e. The maximum atomic E-state index is 11.6. The standard InChI is InChI=1S/C19H17N3O3/c20-18-11-10-17(12-21-18)25-16-8-6-15(7-9-16)22(19(23)24)13-14-4-2-1-3-5-14/h1-12H,13H2,(H2,20,21)(H,23,24). The monoisotopic (exact) mass is 335 g/mol. The van der Waals surface area contributed by atoms with Crippen LogP contribution < -0.4 is 15.4 Å². The van der Waals surface area contributed by atoms with Crippen LogP contribution in [0.3, 0.4) is 0 Å². The Hall–Kier alpha value is -3.54. The SMILES string of the molecule is Nc1ccc(Oc2ccc(N(Cc3ccccc3)C(=O)O)cc2)cn1. The van der Waals surface area contributed by atoms with Gasteiger partial charge in [0.15, 0.2) is 0 Å². The van der Waals surface area contributed by atoms with Gasteiger partial charge in [0.05, 0.1) is 12.7 Å². The summed E-state index contributed by atoms with van der Waals surface area (Å²) in [5.41, 5.74) is 7.02. The summed E-state index contributed by atoms with van der Waals surface area (Å²) in [5, 5.41) is 9.49. The summed E-state index contributed by atoms with van der Waals surface area (Å²) in [7, 11) is 0. The zero-order chi connectivity index (χ0) is 17.6. The van der Waals surface area contributed by atoms with Gasteiger partial charge in [-0.3, -0.25) is 4.90 Å². The van der Waals surface area contributed by atoms with Gasteiger partial charge in [-0.15, -0.1) is 0 Å². The Balaban J connectivity index is 1.74. The number of pyridine rings is 1. The zero-order valence-corrected chi connectivity index (χ0v) is 13.4. The molecule has 1 heterocycles. The van der Waals surface area contributed by atoms with Gasteiger partial charge in [0, 0.05) is 5.69 Å². The number of nitrogens with two attached hydrogens (primary N) is 1. The second-order valence-electron chi connectivity index (χ2n) is 5.37. The molecule has 126 valence electrons. The average molecular weight is 335 g/mol. The third kappa shape index (κ3) is 4.26. The van der Waals surface area contributed by atoms with E-state index < -0.39 is 6.09 Å². The summed E-state index contributed by atoms with van der Waals surface area (Å²) >= 11 is 0. The lowest BCUT2D eigenvalue weighted by Gasteiger charge is -2.19. The number of nitrogen functional groups attached to an aromatic ring is 1. The van der Waals surface area contributed by atoms with E-state index in [0.29, 0.717) is 23.0 Å². The summed E-state index contributed by atoms with van der Waals surface area (Å²) in [6.45, 7) is 0.276. The molecule has 0 spiro atoms. The van der Waals surface area contributed by atoms with Crippen LogP contribution in [0.15, 0.2) is 72.9 Å². The van der Waals surface area contributed by atoms with Gasteiger partial charge in [0.1, 0.15) is 17.3 Å². The van der Waals surface area contributed by atoms with Crippen molar-refractivity contribution >= 4 is 17.6 Å². The molecular weight excluding hydrogens is 318 g/mol. The molecule has 0 atom stereocenters. The summed E-state index contributed by atoms with van der Waals surface area (Å²) < 4.78 is 5.66. The fourth-order valence-electron chi connectivity index (χ4n) is 2.32. The molecule has 1 amide bonds. The Labute approximate surface area is 145 Å². The van der Waals surface area contributed by atoms with Crippen LogP contribution >= 0.6 is 0 Å². The smallest absolute Gasteiger partial charge is 0.412 e. The van der Waals surface area contributed by atoms with Crippen molar-refractivity contribution in [3.63, 3.8) is 0 Å². The molecular formula is C19H17N3O3. The van der Waals surface area contributed by atoms with Crippen LogP contribution in [0.4, 0.5) is 16.3 Å². The number of rotatable bonds is 5. The van der Waals surface area contributed by atoms with Crippen molar-refractivity contribution in [2.24, 2.45) is 0 Å². The van der Waals surface area contributed by atoms with E-state index in [1.165, 1.54) is 11.1 Å². The molecule has 0 aliphatic heterocycles. The van der Waals surface area contributed by atoms with Gasteiger partial charge in [0.25, 0.3) is 0 Å². The molecule has 0 fully saturated rings. The second-order valence-corrected chi connectivity index (χ2v) is 5.37. The minimum atomic E-state index is -1.01. The molecule has 0 unspecified atom stereocenters. The van der Waals surface area contributed by atoms with Crippen molar-refractivity contribution in [1.29, 1.82) is 0 Å². The van der Waals surface area contributed by atoms with Crippen LogP contribution in [0.25, 0.3) is 0 Å². The lowest BCUT2D eigenvalue weighted by atomic mass is 10.2. The third-order valence-electron chi connectivity index (χ3n) is 3.56. The summed E-state index contributed by atoms with van der Waals surface area (Å²) in [4.78, 5) is 16.8. The quantitative estimate of drug-likeness (QED) is 0.731. The van der Waals surface area contributed by atoms with Gasteiger partial charge in [-0.1, -0.05) is 30.3 Å². The van der Waals surface area contributed by atoms with Crippen LogP contribution in [0, 0.1) is 0 Å². The number of carboxylic acid groups (broad SMARTS) is 1. The number of ether oxygens (including phenoxy) is 1. The summed E-state index contributed by atoms with van der Waals surface area (Å²) in [6.07, 6.45) is 0.516. The van der Waals surface area contributed by atoms with E-state index in [0.717, 1.165) is 5.56 Å². The highest BCUT2D eigenvalue weighted by Gasteiger charge is 2.15. The number of hydrogen-bond donors (Lipinski definition) is 2. The Morgan fingerprint density at radius 1 is 1.00 bits per heavy atom. The zero-order valence-electron chi connectivity index (χ0n) is 13.4. The summed E-state index contributed by atoms with van der Waals surface area (Å²) in [5.74, 6) is 1.56. The van der Waals surface area contributed by atoms with Crippen LogP contribution in [-0.2, 0) is 6.54 Å².